The van der Waals surface area contributed by atoms with Crippen LogP contribution in [0.2, 0.25) is 0 Å². The second-order valence-electron chi connectivity index (χ2n) is 9.47. The van der Waals surface area contributed by atoms with Crippen LogP contribution in [0.1, 0.15) is 39.2 Å². The molecule has 3 N–H and O–H groups in total. The Hall–Kier alpha value is -3.49. The molecule has 176 valence electrons. The van der Waals surface area contributed by atoms with Gasteiger partial charge in [0.15, 0.2) is 11.4 Å². The molecule has 0 atom stereocenters. The second kappa shape index (κ2) is 8.80. The molecular weight excluding hydrogens is 420 g/mol. The lowest BCUT2D eigenvalue weighted by Crippen LogP contribution is -2.44. The van der Waals surface area contributed by atoms with E-state index in [-0.39, 0.29) is 12.1 Å². The molecule has 33 heavy (non-hydrogen) atoms. The molecule has 1 saturated heterocycles. The highest BCUT2D eigenvalue weighted by Gasteiger charge is 2.27. The number of fused-ring (bicyclic) bond motifs is 1. The number of nitrogen functional groups attached to an aromatic ring is 1. The molecule has 1 aromatic carbocycles. The van der Waals surface area contributed by atoms with Crippen molar-refractivity contribution in [1.82, 2.24) is 19.5 Å². The number of carbonyl (C=O) groups excluding carboxylic acids is 1. The number of methoxy groups -OCH3 is 1. The molecule has 9 heteroatoms. The van der Waals surface area contributed by atoms with Gasteiger partial charge in [-0.1, -0.05) is 0 Å². The van der Waals surface area contributed by atoms with Crippen LogP contribution < -0.4 is 15.8 Å². The van der Waals surface area contributed by atoms with Crippen LogP contribution in [0.4, 0.5) is 16.2 Å². The van der Waals surface area contributed by atoms with Gasteiger partial charge in [-0.25, -0.2) is 14.3 Å². The molecule has 0 unspecified atom stereocenters. The molecule has 1 amide bonds. The summed E-state index contributed by atoms with van der Waals surface area (Å²) < 4.78 is 12.7. The zero-order valence-electron chi connectivity index (χ0n) is 19.9. The fourth-order valence-electron chi connectivity index (χ4n) is 4.11. The Bertz CT molecular complexity index is 1160. The third-order valence-electron chi connectivity index (χ3n) is 5.78. The Labute approximate surface area is 193 Å². The Morgan fingerprint density at radius 2 is 1.94 bits per heavy atom. The van der Waals surface area contributed by atoms with Crippen LogP contribution >= 0.6 is 0 Å². The maximum atomic E-state index is 12.3. The molecule has 1 fully saturated rings. The van der Waals surface area contributed by atoms with E-state index in [2.05, 4.69) is 28.4 Å². The Kier molecular flexibility index (Phi) is 6.05. The van der Waals surface area contributed by atoms with Crippen molar-refractivity contribution < 1.29 is 14.3 Å². The van der Waals surface area contributed by atoms with Gasteiger partial charge in [-0.3, -0.25) is 0 Å². The minimum atomic E-state index is -0.484. The van der Waals surface area contributed by atoms with Gasteiger partial charge >= 0.3 is 6.09 Å². The zero-order chi connectivity index (χ0) is 23.8. The van der Waals surface area contributed by atoms with Crippen molar-refractivity contribution in [2.24, 2.45) is 0 Å². The summed E-state index contributed by atoms with van der Waals surface area (Å²) in [6.45, 7) is 9.02. The third-order valence-corrected chi connectivity index (χ3v) is 5.78. The average Bonchev–Trinajstić information content (AvgIpc) is 3.23. The molecule has 3 heterocycles. The first-order valence-corrected chi connectivity index (χ1v) is 11.2. The minimum absolute atomic E-state index is 0.239. The lowest BCUT2D eigenvalue weighted by Gasteiger charge is -2.34. The highest BCUT2D eigenvalue weighted by Crippen LogP contribution is 2.34. The number of nitrogens with one attached hydrogen (secondary N) is 1. The molecular formula is C24H32N6O3. The zero-order valence-corrected chi connectivity index (χ0v) is 19.9. The first-order valence-electron chi connectivity index (χ1n) is 11.2. The van der Waals surface area contributed by atoms with Crippen LogP contribution in [0.3, 0.4) is 0 Å². The molecule has 0 bridgehead atoms. The maximum Gasteiger partial charge on any atom is 0.410 e. The quantitative estimate of drug-likeness (QED) is 0.574. The van der Waals surface area contributed by atoms with Crippen molar-refractivity contribution in [1.29, 1.82) is 0 Å². The number of benzene rings is 1. The number of likely N-dealkylation sites (tertiary alicyclic amines) is 1. The first kappa shape index (κ1) is 22.7. The van der Waals surface area contributed by atoms with E-state index in [4.69, 9.17) is 15.2 Å². The molecule has 9 nitrogen and oxygen atoms in total. The molecule has 0 spiro atoms. The molecule has 4 rings (SSSR count). The summed E-state index contributed by atoms with van der Waals surface area (Å²) in [6.07, 6.45) is 4.84. The van der Waals surface area contributed by atoms with Crippen molar-refractivity contribution in [2.45, 2.75) is 52.2 Å². The SMILES string of the molecule is COc1cc(-c2cc(N)c(NC3CCN(C(=O)OC(C)(C)C)CC3)cc2C)cn2ncnc12. The van der Waals surface area contributed by atoms with Crippen LogP contribution in [0, 0.1) is 6.92 Å². The van der Waals surface area contributed by atoms with Crippen LogP contribution in [0.25, 0.3) is 16.8 Å². The maximum absolute atomic E-state index is 12.3. The topological polar surface area (TPSA) is 107 Å². The lowest BCUT2D eigenvalue weighted by atomic mass is 9.99. The molecule has 1 aliphatic rings. The largest absolute Gasteiger partial charge is 0.493 e. The number of aromatic nitrogens is 3. The van der Waals surface area contributed by atoms with Gasteiger partial charge in [-0.05, 0) is 69.9 Å². The summed E-state index contributed by atoms with van der Waals surface area (Å²) in [5.74, 6) is 0.655. The third kappa shape index (κ3) is 4.97. The molecule has 2 aromatic heterocycles. The monoisotopic (exact) mass is 452 g/mol. The van der Waals surface area contributed by atoms with E-state index < -0.39 is 5.60 Å². The van der Waals surface area contributed by atoms with Crippen LogP contribution in [0.15, 0.2) is 30.7 Å². The van der Waals surface area contributed by atoms with Gasteiger partial charge in [0.2, 0.25) is 0 Å². The van der Waals surface area contributed by atoms with E-state index in [0.29, 0.717) is 30.2 Å². The minimum Gasteiger partial charge on any atom is -0.493 e. The Morgan fingerprint density at radius 1 is 1.21 bits per heavy atom. The van der Waals surface area contributed by atoms with Gasteiger partial charge in [0.25, 0.3) is 0 Å². The van der Waals surface area contributed by atoms with E-state index in [1.54, 1.807) is 16.5 Å². The van der Waals surface area contributed by atoms with E-state index in [9.17, 15) is 4.79 Å². The summed E-state index contributed by atoms with van der Waals surface area (Å²) >= 11 is 0. The standard InChI is InChI=1S/C24H32N6O3/c1-15-10-20(28-17-6-8-29(9-7-17)23(31)33-24(2,3)4)19(25)12-18(15)16-11-21(32-5)22-26-14-27-30(22)13-16/h10-14,17,28H,6-9,25H2,1-5H3. The van der Waals surface area contributed by atoms with E-state index in [1.807, 2.05) is 39.1 Å². The number of anilines is 2. The van der Waals surface area contributed by atoms with Crippen LogP contribution in [-0.4, -0.2) is 57.4 Å². The Balaban J connectivity index is 1.47. The highest BCUT2D eigenvalue weighted by molar-refractivity contribution is 5.80. The summed E-state index contributed by atoms with van der Waals surface area (Å²) in [5.41, 5.74) is 11.2. The number of amides is 1. The molecule has 0 aliphatic carbocycles. The van der Waals surface area contributed by atoms with Gasteiger partial charge in [0, 0.05) is 30.9 Å². The fourth-order valence-corrected chi connectivity index (χ4v) is 4.11. The van der Waals surface area contributed by atoms with E-state index in [1.165, 1.54) is 6.33 Å². The normalized spacial score (nSPS) is 15.0. The fraction of sp³-hybridized carbons (Fsp3) is 0.458. The van der Waals surface area contributed by atoms with Gasteiger partial charge in [-0.2, -0.15) is 5.10 Å². The molecule has 0 saturated carbocycles. The highest BCUT2D eigenvalue weighted by atomic mass is 16.6. The summed E-state index contributed by atoms with van der Waals surface area (Å²) in [7, 11) is 1.62. The van der Waals surface area contributed by atoms with Crippen molar-refractivity contribution in [2.75, 3.05) is 31.2 Å². The average molecular weight is 453 g/mol. The number of nitrogens with zero attached hydrogens (tertiary/aromatic N) is 4. The van der Waals surface area contributed by atoms with Gasteiger partial charge in [0.05, 0.1) is 18.5 Å². The molecule has 3 aromatic rings. The van der Waals surface area contributed by atoms with Crippen molar-refractivity contribution in [3.05, 3.63) is 36.3 Å². The number of hydrogen-bond donors (Lipinski definition) is 2. The number of nitrogens with two attached hydrogens (primary N) is 1. The number of aryl methyl sites for hydroxylation is 1. The van der Waals surface area contributed by atoms with Crippen molar-refractivity contribution in [3.63, 3.8) is 0 Å². The predicted octanol–water partition coefficient (Wildman–Crippen LogP) is 4.11. The van der Waals surface area contributed by atoms with Gasteiger partial charge < -0.3 is 25.4 Å². The summed E-state index contributed by atoms with van der Waals surface area (Å²) in [4.78, 5) is 18.3. The van der Waals surface area contributed by atoms with E-state index in [0.717, 1.165) is 35.2 Å². The predicted molar refractivity (Wildman–Crippen MR) is 129 cm³/mol. The van der Waals surface area contributed by atoms with Crippen molar-refractivity contribution in [3.8, 4) is 16.9 Å². The smallest absolute Gasteiger partial charge is 0.410 e. The van der Waals surface area contributed by atoms with Crippen LogP contribution in [0.5, 0.6) is 5.75 Å². The molecule has 0 radical (unpaired) electrons. The molecule has 1 aliphatic heterocycles. The first-order chi connectivity index (χ1) is 15.6. The Morgan fingerprint density at radius 3 is 2.61 bits per heavy atom. The van der Waals surface area contributed by atoms with Crippen molar-refractivity contribution >= 4 is 23.1 Å². The second-order valence-corrected chi connectivity index (χ2v) is 9.47. The summed E-state index contributed by atoms with van der Waals surface area (Å²) in [5, 5.41) is 7.81. The number of hydrogen-bond acceptors (Lipinski definition) is 7. The van der Waals surface area contributed by atoms with E-state index >= 15 is 0 Å². The number of piperidine rings is 1. The van der Waals surface area contributed by atoms with Gasteiger partial charge in [0.1, 0.15) is 11.9 Å². The van der Waals surface area contributed by atoms with Gasteiger partial charge in [-0.15, -0.1) is 0 Å². The number of carbonyl (C=O) groups is 1. The number of pyridine rings is 1. The number of rotatable bonds is 4. The number of ether oxygens (including phenoxy) is 2. The van der Waals surface area contributed by atoms with Crippen LogP contribution in [-0.2, 0) is 4.74 Å². The summed E-state index contributed by atoms with van der Waals surface area (Å²) in [6, 6.07) is 6.24. The lowest BCUT2D eigenvalue weighted by molar-refractivity contribution is 0.0210.